The van der Waals surface area contributed by atoms with E-state index in [2.05, 4.69) is 9.80 Å². The number of phenolic OH excluding ortho intramolecular Hbond substituents is 1. The number of anilines is 1. The van der Waals surface area contributed by atoms with Gasteiger partial charge in [-0.3, -0.25) is 9.69 Å². The van der Waals surface area contributed by atoms with E-state index in [9.17, 15) is 14.7 Å². The zero-order valence-corrected chi connectivity index (χ0v) is 21.6. The number of hydrogen-bond donors (Lipinski definition) is 1. The number of esters is 1. The van der Waals surface area contributed by atoms with Crippen molar-refractivity contribution in [1.29, 1.82) is 0 Å². The van der Waals surface area contributed by atoms with Crippen LogP contribution in [0.1, 0.15) is 22.8 Å². The van der Waals surface area contributed by atoms with Crippen LogP contribution < -0.4 is 15.1 Å². The van der Waals surface area contributed by atoms with Gasteiger partial charge in [-0.1, -0.05) is 17.7 Å². The van der Waals surface area contributed by atoms with Crippen molar-refractivity contribution >= 4 is 34.2 Å². The van der Waals surface area contributed by atoms with E-state index in [1.165, 1.54) is 18.4 Å². The van der Waals surface area contributed by atoms with Crippen LogP contribution in [-0.2, 0) is 11.3 Å². The van der Waals surface area contributed by atoms with Crippen molar-refractivity contribution in [3.8, 4) is 17.2 Å². The Hall–Kier alpha value is -4.01. The minimum Gasteiger partial charge on any atom is -0.507 e. The molecule has 0 bridgehead atoms. The van der Waals surface area contributed by atoms with Crippen molar-refractivity contribution in [2.45, 2.75) is 13.5 Å². The van der Waals surface area contributed by atoms with Gasteiger partial charge in [0.05, 0.1) is 23.1 Å². The lowest BCUT2D eigenvalue weighted by molar-refractivity contribution is 0.0526. The van der Waals surface area contributed by atoms with Crippen LogP contribution in [-0.4, -0.2) is 48.8 Å². The summed E-state index contributed by atoms with van der Waals surface area (Å²) < 4.78 is 16.6. The summed E-state index contributed by atoms with van der Waals surface area (Å²) in [6, 6.07) is 17.1. The Bertz CT molecular complexity index is 1510. The average Bonchev–Trinajstić information content (AvgIpc) is 2.93. The second-order valence-corrected chi connectivity index (χ2v) is 9.40. The Morgan fingerprint density at radius 2 is 1.82 bits per heavy atom. The normalized spacial score (nSPS) is 14.0. The van der Waals surface area contributed by atoms with Crippen molar-refractivity contribution in [3.63, 3.8) is 0 Å². The maximum absolute atomic E-state index is 13.2. The first-order valence-electron chi connectivity index (χ1n) is 12.4. The molecule has 0 spiro atoms. The molecular weight excluding hydrogens is 508 g/mol. The van der Waals surface area contributed by atoms with Gasteiger partial charge in [0.15, 0.2) is 0 Å². The summed E-state index contributed by atoms with van der Waals surface area (Å²) in [7, 11) is 0. The highest BCUT2D eigenvalue weighted by atomic mass is 35.5. The van der Waals surface area contributed by atoms with Crippen LogP contribution in [0.2, 0.25) is 5.02 Å². The zero-order valence-electron chi connectivity index (χ0n) is 20.9. The summed E-state index contributed by atoms with van der Waals surface area (Å²) in [5.74, 6) is 0.0260. The summed E-state index contributed by atoms with van der Waals surface area (Å²) in [6.45, 7) is 5.62. The first-order chi connectivity index (χ1) is 18.4. The van der Waals surface area contributed by atoms with Gasteiger partial charge in [0.1, 0.15) is 23.3 Å². The van der Waals surface area contributed by atoms with Gasteiger partial charge in [-0.2, -0.15) is 0 Å². The molecule has 1 N–H and O–H groups in total. The molecule has 0 atom stereocenters. The highest BCUT2D eigenvalue weighted by molar-refractivity contribution is 6.30. The number of carbonyl (C=O) groups excluding carboxylic acids is 1. The maximum Gasteiger partial charge on any atom is 0.338 e. The van der Waals surface area contributed by atoms with Crippen LogP contribution in [0.15, 0.2) is 76.1 Å². The number of benzene rings is 3. The van der Waals surface area contributed by atoms with Crippen LogP contribution in [0.4, 0.5) is 5.69 Å². The Labute approximate surface area is 224 Å². The molecule has 9 heteroatoms. The number of halogens is 1. The maximum atomic E-state index is 13.2. The van der Waals surface area contributed by atoms with Gasteiger partial charge in [-0.25, -0.2) is 4.79 Å². The zero-order chi connectivity index (χ0) is 26.6. The fraction of sp³-hybridized carbons (Fsp3) is 0.241. The summed E-state index contributed by atoms with van der Waals surface area (Å²) in [6.07, 6.45) is 1.25. The van der Waals surface area contributed by atoms with Crippen LogP contribution in [0.3, 0.4) is 0 Å². The number of piperazine rings is 1. The minimum absolute atomic E-state index is 0.00756. The molecule has 8 nitrogen and oxygen atoms in total. The molecule has 1 fully saturated rings. The molecule has 1 aromatic heterocycles. The number of rotatable bonds is 7. The van der Waals surface area contributed by atoms with Crippen molar-refractivity contribution in [3.05, 3.63) is 93.3 Å². The molecule has 1 aliphatic heterocycles. The highest BCUT2D eigenvalue weighted by Gasteiger charge is 2.22. The molecule has 5 rings (SSSR count). The van der Waals surface area contributed by atoms with Gasteiger partial charge in [0.25, 0.3) is 0 Å². The lowest BCUT2D eigenvalue weighted by atomic mass is 10.1. The molecule has 196 valence electrons. The number of nitrogens with zero attached hydrogens (tertiary/aromatic N) is 2. The molecular formula is C29H27ClN2O6. The fourth-order valence-corrected chi connectivity index (χ4v) is 4.70. The van der Waals surface area contributed by atoms with Crippen molar-refractivity contribution < 1.29 is 23.8 Å². The topological polar surface area (TPSA) is 92.5 Å². The van der Waals surface area contributed by atoms with Gasteiger partial charge < -0.3 is 23.9 Å². The third kappa shape index (κ3) is 5.46. The fourth-order valence-electron chi connectivity index (χ4n) is 4.51. The summed E-state index contributed by atoms with van der Waals surface area (Å²) in [4.78, 5) is 29.5. The van der Waals surface area contributed by atoms with Crippen LogP contribution in [0.5, 0.6) is 17.2 Å². The lowest BCUT2D eigenvalue weighted by Gasteiger charge is -2.36. The highest BCUT2D eigenvalue weighted by Crippen LogP contribution is 2.30. The summed E-state index contributed by atoms with van der Waals surface area (Å²) in [5.41, 5.74) is 2.00. The van der Waals surface area contributed by atoms with Crippen LogP contribution in [0.25, 0.3) is 11.0 Å². The molecule has 4 aromatic rings. The number of carbonyl (C=O) groups is 1. The van der Waals surface area contributed by atoms with Crippen LogP contribution >= 0.6 is 11.6 Å². The molecule has 38 heavy (non-hydrogen) atoms. The Kier molecular flexibility index (Phi) is 7.53. The van der Waals surface area contributed by atoms with E-state index in [-0.39, 0.29) is 23.5 Å². The number of fused-ring (bicyclic) bond motifs is 1. The van der Waals surface area contributed by atoms with Gasteiger partial charge in [0, 0.05) is 43.4 Å². The monoisotopic (exact) mass is 534 g/mol. The Morgan fingerprint density at radius 1 is 1.05 bits per heavy atom. The quantitative estimate of drug-likeness (QED) is 0.313. The average molecular weight is 535 g/mol. The molecule has 1 saturated heterocycles. The third-order valence-corrected chi connectivity index (χ3v) is 6.74. The second-order valence-electron chi connectivity index (χ2n) is 8.96. The van der Waals surface area contributed by atoms with Crippen LogP contribution in [0, 0.1) is 0 Å². The minimum atomic E-state index is -0.428. The van der Waals surface area contributed by atoms with E-state index in [4.69, 9.17) is 25.5 Å². The molecule has 0 unspecified atom stereocenters. The first-order valence-corrected chi connectivity index (χ1v) is 12.7. The SMILES string of the molecule is CCOC(=O)c1ccc(Oc2coc3c(CN4CCN(c5cccc(Cl)c5)CC4)c(O)ccc3c2=O)cc1. The number of phenols is 1. The van der Waals surface area contributed by atoms with Gasteiger partial charge in [0.2, 0.25) is 11.2 Å². The van der Waals surface area contributed by atoms with E-state index in [1.54, 1.807) is 31.2 Å². The van der Waals surface area contributed by atoms with Gasteiger partial charge in [-0.15, -0.1) is 0 Å². The molecule has 1 aliphatic rings. The second kappa shape index (κ2) is 11.2. The number of aromatic hydroxyl groups is 1. The molecule has 0 aliphatic carbocycles. The van der Waals surface area contributed by atoms with E-state index in [1.807, 2.05) is 24.3 Å². The van der Waals surface area contributed by atoms with Gasteiger partial charge in [-0.05, 0) is 61.5 Å². The summed E-state index contributed by atoms with van der Waals surface area (Å²) in [5, 5.41) is 11.6. The molecule has 0 radical (unpaired) electrons. The molecule has 2 heterocycles. The van der Waals surface area contributed by atoms with E-state index >= 15 is 0 Å². The molecule has 0 amide bonds. The summed E-state index contributed by atoms with van der Waals surface area (Å²) >= 11 is 6.14. The number of ether oxygens (including phenoxy) is 2. The molecule has 3 aromatic carbocycles. The molecule has 0 saturated carbocycles. The van der Waals surface area contributed by atoms with E-state index in [0.29, 0.717) is 39.4 Å². The predicted octanol–water partition coefficient (Wildman–Crippen LogP) is 5.44. The third-order valence-electron chi connectivity index (χ3n) is 6.51. The van der Waals surface area contributed by atoms with Crippen molar-refractivity contribution in [1.82, 2.24) is 4.90 Å². The van der Waals surface area contributed by atoms with E-state index < -0.39 is 5.97 Å². The van der Waals surface area contributed by atoms with Crippen molar-refractivity contribution in [2.75, 3.05) is 37.7 Å². The standard InChI is InChI=1S/C29H27ClN2O6/c1-2-36-29(35)19-6-8-22(9-7-19)38-26-18-37-28-23(27(26)34)10-11-25(33)24(28)17-31-12-14-32(15-13-31)21-5-3-4-20(30)16-21/h3-11,16,18,33H,2,12-15,17H2,1H3. The van der Waals surface area contributed by atoms with Gasteiger partial charge >= 0.3 is 5.97 Å². The Balaban J connectivity index is 1.32. The van der Waals surface area contributed by atoms with E-state index in [0.717, 1.165) is 31.9 Å². The number of hydrogen-bond acceptors (Lipinski definition) is 8. The first kappa shape index (κ1) is 25.6. The Morgan fingerprint density at radius 3 is 2.53 bits per heavy atom. The lowest BCUT2D eigenvalue weighted by Crippen LogP contribution is -2.46. The van der Waals surface area contributed by atoms with Crippen molar-refractivity contribution in [2.24, 2.45) is 0 Å². The largest absolute Gasteiger partial charge is 0.507 e. The smallest absolute Gasteiger partial charge is 0.338 e. The predicted molar refractivity (Wildman–Crippen MR) is 146 cm³/mol.